The van der Waals surface area contributed by atoms with Gasteiger partial charge in [0.05, 0.1) is 23.2 Å². The van der Waals surface area contributed by atoms with Crippen molar-refractivity contribution in [3.63, 3.8) is 0 Å². The van der Waals surface area contributed by atoms with Crippen LogP contribution in [0.5, 0.6) is 0 Å². The molecule has 0 radical (unpaired) electrons. The van der Waals surface area contributed by atoms with E-state index in [-0.39, 0.29) is 35.7 Å². The maximum atomic E-state index is 13.6. The third kappa shape index (κ3) is 3.67. The number of nitrogens with zero attached hydrogens (tertiary/aromatic N) is 1. The molecule has 0 aliphatic carbocycles. The Morgan fingerprint density at radius 1 is 1.31 bits per heavy atom. The second kappa shape index (κ2) is 7.76. The van der Waals surface area contributed by atoms with Crippen LogP contribution in [0.15, 0.2) is 0 Å². The summed E-state index contributed by atoms with van der Waals surface area (Å²) in [6, 6.07) is -0.607. The van der Waals surface area contributed by atoms with Gasteiger partial charge in [0, 0.05) is 23.4 Å². The zero-order chi connectivity index (χ0) is 21.6. The van der Waals surface area contributed by atoms with Crippen LogP contribution in [0.25, 0.3) is 0 Å². The molecule has 2 unspecified atom stereocenters. The Bertz CT molecular complexity index is 693. The van der Waals surface area contributed by atoms with Gasteiger partial charge in [-0.1, -0.05) is 0 Å². The minimum absolute atomic E-state index is 0.0493. The minimum Gasteiger partial charge on any atom is -0.466 e. The van der Waals surface area contributed by atoms with Crippen LogP contribution < -0.4 is 5.32 Å². The first-order valence-electron chi connectivity index (χ1n) is 10.6. The highest BCUT2D eigenvalue weighted by atomic mass is 32.2. The number of esters is 1. The smallest absolute Gasteiger partial charge is 0.311 e. The second-order valence-corrected chi connectivity index (χ2v) is 11.6. The number of unbranched alkanes of at least 4 members (excludes halogenated alkanes) is 1. The Labute approximate surface area is 177 Å². The first-order chi connectivity index (χ1) is 13.5. The summed E-state index contributed by atoms with van der Waals surface area (Å²) >= 11 is 1.65. The largest absolute Gasteiger partial charge is 0.466 e. The van der Waals surface area contributed by atoms with Crippen molar-refractivity contribution in [2.75, 3.05) is 19.8 Å². The van der Waals surface area contributed by atoms with Crippen LogP contribution in [-0.4, -0.2) is 68.6 Å². The number of rotatable bonds is 7. The van der Waals surface area contributed by atoms with E-state index in [9.17, 15) is 14.4 Å². The van der Waals surface area contributed by atoms with E-state index < -0.39 is 28.2 Å². The minimum atomic E-state index is -0.607. The lowest BCUT2D eigenvalue weighted by atomic mass is 9.66. The Morgan fingerprint density at radius 3 is 2.59 bits per heavy atom. The molecule has 2 amide bonds. The highest BCUT2D eigenvalue weighted by molar-refractivity contribution is 8.02. The number of aliphatic hydroxyl groups is 1. The van der Waals surface area contributed by atoms with Crippen LogP contribution in [0.2, 0.25) is 0 Å². The van der Waals surface area contributed by atoms with E-state index in [0.717, 1.165) is 12.8 Å². The Morgan fingerprint density at radius 2 is 2.00 bits per heavy atom. The van der Waals surface area contributed by atoms with E-state index in [1.165, 1.54) is 0 Å². The predicted molar refractivity (Wildman–Crippen MR) is 111 cm³/mol. The fourth-order valence-corrected chi connectivity index (χ4v) is 7.73. The van der Waals surface area contributed by atoms with Crippen LogP contribution in [0, 0.1) is 11.8 Å². The molecule has 0 saturated carbocycles. The predicted octanol–water partition coefficient (Wildman–Crippen LogP) is 1.72. The van der Waals surface area contributed by atoms with Crippen LogP contribution in [0.1, 0.15) is 60.3 Å². The summed E-state index contributed by atoms with van der Waals surface area (Å²) in [7, 11) is 0. The van der Waals surface area contributed by atoms with Crippen LogP contribution in [0.4, 0.5) is 0 Å². The summed E-state index contributed by atoms with van der Waals surface area (Å²) in [6.07, 6.45) is 2.71. The summed E-state index contributed by atoms with van der Waals surface area (Å²) in [4.78, 5) is 41.5. The first-order valence-corrected chi connectivity index (χ1v) is 11.4. The topological polar surface area (TPSA) is 95.9 Å². The maximum absolute atomic E-state index is 13.6. The summed E-state index contributed by atoms with van der Waals surface area (Å²) in [5.74, 6) is -1.66. The zero-order valence-electron chi connectivity index (χ0n) is 18.1. The van der Waals surface area contributed by atoms with Gasteiger partial charge >= 0.3 is 5.97 Å². The highest BCUT2D eigenvalue weighted by Gasteiger charge is 2.77. The number of ether oxygens (including phenoxy) is 1. The van der Waals surface area contributed by atoms with Gasteiger partial charge in [-0.05, 0) is 60.3 Å². The molecular formula is C21H34N2O5S. The normalized spacial score (nSPS) is 35.7. The quantitative estimate of drug-likeness (QED) is 0.475. The molecule has 29 heavy (non-hydrogen) atoms. The number of hydrogen-bond donors (Lipinski definition) is 2. The van der Waals surface area contributed by atoms with Crippen molar-refractivity contribution in [1.82, 2.24) is 10.2 Å². The van der Waals surface area contributed by atoms with Crippen molar-refractivity contribution in [2.45, 2.75) is 81.4 Å². The van der Waals surface area contributed by atoms with Crippen LogP contribution in [-0.2, 0) is 19.1 Å². The molecule has 7 nitrogen and oxygen atoms in total. The molecule has 164 valence electrons. The number of likely N-dealkylation sites (tertiary alicyclic amines) is 1. The first kappa shape index (κ1) is 22.4. The molecule has 3 heterocycles. The SMILES string of the molecule is CCOC(=O)[C@@H]1[C@H]2C(=O)N(CCCCO)C(C(=O)NC(C)(C)C)C23CC[C@@]1(C)S3. The second-order valence-electron chi connectivity index (χ2n) is 9.68. The lowest BCUT2D eigenvalue weighted by molar-refractivity contribution is -0.155. The Balaban J connectivity index is 2.00. The van der Waals surface area contributed by atoms with Gasteiger partial charge in [0.15, 0.2) is 0 Å². The molecule has 1 spiro atoms. The summed E-state index contributed by atoms with van der Waals surface area (Å²) < 4.78 is 4.37. The molecule has 3 aliphatic heterocycles. The van der Waals surface area contributed by atoms with E-state index in [4.69, 9.17) is 9.84 Å². The molecule has 0 aromatic rings. The molecule has 0 aromatic carbocycles. The fourth-order valence-electron chi connectivity index (χ4n) is 5.39. The number of aliphatic hydroxyl groups excluding tert-OH is 1. The molecule has 3 rings (SSSR count). The van der Waals surface area contributed by atoms with Crippen molar-refractivity contribution in [3.05, 3.63) is 0 Å². The van der Waals surface area contributed by atoms with Gasteiger partial charge in [-0.3, -0.25) is 14.4 Å². The van der Waals surface area contributed by atoms with Crippen molar-refractivity contribution in [3.8, 4) is 0 Å². The van der Waals surface area contributed by atoms with Crippen molar-refractivity contribution in [2.24, 2.45) is 11.8 Å². The van der Waals surface area contributed by atoms with E-state index in [0.29, 0.717) is 19.4 Å². The van der Waals surface area contributed by atoms with Crippen molar-refractivity contribution >= 4 is 29.5 Å². The number of thioether (sulfide) groups is 1. The van der Waals surface area contributed by atoms with Crippen LogP contribution in [0.3, 0.4) is 0 Å². The number of hydrogen-bond acceptors (Lipinski definition) is 6. The van der Waals surface area contributed by atoms with Gasteiger partial charge in [-0.2, -0.15) is 0 Å². The van der Waals surface area contributed by atoms with Gasteiger partial charge in [0.1, 0.15) is 6.04 Å². The van der Waals surface area contributed by atoms with Gasteiger partial charge in [0.25, 0.3) is 0 Å². The average Bonchev–Trinajstić information content (AvgIpc) is 3.15. The Hall–Kier alpha value is -1.28. The fraction of sp³-hybridized carbons (Fsp3) is 0.857. The van der Waals surface area contributed by atoms with Gasteiger partial charge < -0.3 is 20.1 Å². The molecule has 3 saturated heterocycles. The third-order valence-corrected chi connectivity index (χ3v) is 8.36. The summed E-state index contributed by atoms with van der Waals surface area (Å²) in [6.45, 7) is 10.3. The van der Waals surface area contributed by atoms with Gasteiger partial charge in [0.2, 0.25) is 11.8 Å². The molecule has 3 aliphatic rings. The number of carbonyl (C=O) groups excluding carboxylic acids is 3. The number of carbonyl (C=O) groups is 3. The lowest BCUT2D eigenvalue weighted by Crippen LogP contribution is -2.57. The number of fused-ring (bicyclic) bond motifs is 1. The molecule has 3 fully saturated rings. The average molecular weight is 427 g/mol. The monoisotopic (exact) mass is 426 g/mol. The molecule has 2 bridgehead atoms. The van der Waals surface area contributed by atoms with E-state index in [1.54, 1.807) is 23.6 Å². The molecule has 8 heteroatoms. The third-order valence-electron chi connectivity index (χ3n) is 6.37. The number of nitrogens with one attached hydrogen (secondary N) is 1. The Kier molecular flexibility index (Phi) is 6.00. The lowest BCUT2D eigenvalue weighted by Gasteiger charge is -2.36. The zero-order valence-corrected chi connectivity index (χ0v) is 18.9. The molecular weight excluding hydrogens is 392 g/mol. The molecule has 0 aromatic heterocycles. The van der Waals surface area contributed by atoms with Gasteiger partial charge in [-0.15, -0.1) is 11.8 Å². The number of amides is 2. The summed E-state index contributed by atoms with van der Waals surface area (Å²) in [5, 5.41) is 12.2. The standard InChI is InChI=1S/C21H34N2O5S/c1-6-28-18(27)14-13-17(26)23(11-7-8-12-24)15(16(25)22-19(2,3)4)21(13)10-9-20(14,5)29-21/h13-15,24H,6-12H2,1-5H3,(H,22,25)/t13-,14-,15?,20+,21?/m0/s1. The maximum Gasteiger partial charge on any atom is 0.311 e. The van der Waals surface area contributed by atoms with Crippen molar-refractivity contribution < 1.29 is 24.2 Å². The molecule has 2 N–H and O–H groups in total. The molecule has 5 atom stereocenters. The summed E-state index contributed by atoms with van der Waals surface area (Å²) in [5.41, 5.74) is -0.419. The van der Waals surface area contributed by atoms with Gasteiger partial charge in [-0.25, -0.2) is 0 Å². The van der Waals surface area contributed by atoms with E-state index in [2.05, 4.69) is 5.32 Å². The highest BCUT2D eigenvalue weighted by Crippen LogP contribution is 2.71. The van der Waals surface area contributed by atoms with Crippen LogP contribution >= 0.6 is 11.8 Å². The van der Waals surface area contributed by atoms with E-state index >= 15 is 0 Å². The van der Waals surface area contributed by atoms with E-state index in [1.807, 2.05) is 27.7 Å². The van der Waals surface area contributed by atoms with Crippen molar-refractivity contribution in [1.29, 1.82) is 0 Å².